The van der Waals surface area contributed by atoms with E-state index in [4.69, 9.17) is 13.7 Å². The van der Waals surface area contributed by atoms with Crippen LogP contribution in [0.3, 0.4) is 0 Å². The molecule has 2 aromatic carbocycles. The van der Waals surface area contributed by atoms with Crippen LogP contribution in [0.15, 0.2) is 42.5 Å². The standard InChI is InChI=1S/C36H51BF6O3Si/c1-14-33(15-2,28-18-19-29(25(4)23-28)37-44-31(8,9)32(10,11)45-37)27-17-16-26(24(3)22-27)20-21-34(35(38,39)40,36(41,42)43)46-47(12,13)30(5,6)7/h16-23H,14-15H2,1-13H3. The highest BCUT2D eigenvalue weighted by atomic mass is 28.4. The quantitative estimate of drug-likeness (QED) is 0.194. The molecule has 0 unspecified atom stereocenters. The van der Waals surface area contributed by atoms with E-state index in [2.05, 4.69) is 26.0 Å². The Balaban J connectivity index is 2.07. The Morgan fingerprint density at radius 1 is 0.766 bits per heavy atom. The molecular formula is C36H51BF6O3Si. The van der Waals surface area contributed by atoms with Gasteiger partial charge >= 0.3 is 19.5 Å². The van der Waals surface area contributed by atoms with Crippen molar-refractivity contribution >= 4 is 27.0 Å². The smallest absolute Gasteiger partial charge is 0.399 e. The molecule has 0 amide bonds. The second-order valence-corrected chi connectivity index (χ2v) is 20.2. The van der Waals surface area contributed by atoms with Crippen molar-refractivity contribution in [2.45, 2.75) is 142 Å². The Morgan fingerprint density at radius 2 is 1.21 bits per heavy atom. The summed E-state index contributed by atoms with van der Waals surface area (Å²) >= 11 is 0. The first-order valence-corrected chi connectivity index (χ1v) is 19.1. The van der Waals surface area contributed by atoms with Gasteiger partial charge in [-0.3, -0.25) is 0 Å². The van der Waals surface area contributed by atoms with E-state index in [1.165, 1.54) is 13.1 Å². The maximum Gasteiger partial charge on any atom is 0.495 e. The van der Waals surface area contributed by atoms with Gasteiger partial charge in [-0.25, -0.2) is 0 Å². The zero-order valence-electron chi connectivity index (χ0n) is 30.1. The van der Waals surface area contributed by atoms with Crippen molar-refractivity contribution in [3.8, 4) is 0 Å². The molecule has 1 aliphatic heterocycles. The third-order valence-electron chi connectivity index (χ3n) is 10.9. The minimum Gasteiger partial charge on any atom is -0.399 e. The number of aryl methyl sites for hydroxylation is 2. The fourth-order valence-electron chi connectivity index (χ4n) is 5.86. The number of benzene rings is 2. The molecular weight excluding hydrogens is 633 g/mol. The molecule has 0 spiro atoms. The predicted octanol–water partition coefficient (Wildman–Crippen LogP) is 10.6. The molecule has 0 radical (unpaired) electrons. The van der Waals surface area contributed by atoms with Crippen molar-refractivity contribution < 1.29 is 40.1 Å². The Hall–Kier alpha value is -2.08. The summed E-state index contributed by atoms with van der Waals surface area (Å²) in [5.41, 5.74) is -1.13. The molecule has 0 aliphatic carbocycles. The average Bonchev–Trinajstić information content (AvgIpc) is 3.12. The summed E-state index contributed by atoms with van der Waals surface area (Å²) in [6, 6.07) is 11.5. The molecule has 262 valence electrons. The molecule has 3 nitrogen and oxygen atoms in total. The van der Waals surface area contributed by atoms with Gasteiger partial charge in [-0.2, -0.15) is 26.3 Å². The van der Waals surface area contributed by atoms with E-state index in [9.17, 15) is 26.3 Å². The van der Waals surface area contributed by atoms with Crippen LogP contribution in [0, 0.1) is 13.8 Å². The molecule has 0 saturated carbocycles. The van der Waals surface area contributed by atoms with Gasteiger partial charge < -0.3 is 13.7 Å². The SMILES string of the molecule is CCC(CC)(c1ccc(C=CC(O[Si](C)(C)C(C)(C)C)(C(F)(F)F)C(F)(F)F)c(C)c1)c1ccc(B2OC(C)(C)C(C)(C)O2)c(C)c1. The van der Waals surface area contributed by atoms with Gasteiger partial charge in [-0.1, -0.05) is 82.7 Å². The van der Waals surface area contributed by atoms with E-state index in [-0.39, 0.29) is 11.6 Å². The topological polar surface area (TPSA) is 27.7 Å². The maximum atomic E-state index is 14.4. The summed E-state index contributed by atoms with van der Waals surface area (Å²) in [7, 11) is -4.04. The number of rotatable bonds is 9. The molecule has 47 heavy (non-hydrogen) atoms. The molecule has 1 fully saturated rings. The third kappa shape index (κ3) is 7.15. The van der Waals surface area contributed by atoms with E-state index in [0.29, 0.717) is 5.56 Å². The van der Waals surface area contributed by atoms with E-state index >= 15 is 0 Å². The first-order chi connectivity index (χ1) is 21.1. The van der Waals surface area contributed by atoms with Crippen molar-refractivity contribution in [1.82, 2.24) is 0 Å². The van der Waals surface area contributed by atoms with Crippen molar-refractivity contribution in [3.05, 3.63) is 70.3 Å². The van der Waals surface area contributed by atoms with Crippen molar-refractivity contribution in [3.63, 3.8) is 0 Å². The van der Waals surface area contributed by atoms with Crippen LogP contribution in [-0.2, 0) is 19.1 Å². The summed E-state index contributed by atoms with van der Waals surface area (Å²) in [5, 5.41) is -0.884. The van der Waals surface area contributed by atoms with Gasteiger partial charge in [0.25, 0.3) is 5.60 Å². The summed E-state index contributed by atoms with van der Waals surface area (Å²) < 4.78 is 104. The van der Waals surface area contributed by atoms with E-state index in [0.717, 1.165) is 41.1 Å². The fraction of sp³-hybridized carbons (Fsp3) is 0.611. The average molecular weight is 685 g/mol. The van der Waals surface area contributed by atoms with Gasteiger partial charge in [0.2, 0.25) is 0 Å². The molecule has 0 aromatic heterocycles. The van der Waals surface area contributed by atoms with Crippen LogP contribution in [-0.4, -0.2) is 44.6 Å². The summed E-state index contributed by atoms with van der Waals surface area (Å²) in [4.78, 5) is 0. The van der Waals surface area contributed by atoms with Crippen LogP contribution in [0.25, 0.3) is 6.08 Å². The summed E-state index contributed by atoms with van der Waals surface area (Å²) in [6.07, 6.45) is -8.96. The van der Waals surface area contributed by atoms with Crippen LogP contribution in [0.1, 0.15) is 103 Å². The van der Waals surface area contributed by atoms with Gasteiger partial charge in [-0.05, 0) is 106 Å². The van der Waals surface area contributed by atoms with Gasteiger partial charge in [0, 0.05) is 5.41 Å². The Bertz CT molecular complexity index is 1440. The largest absolute Gasteiger partial charge is 0.495 e. The number of hydrogen-bond acceptors (Lipinski definition) is 3. The molecule has 1 saturated heterocycles. The maximum absolute atomic E-state index is 14.4. The van der Waals surface area contributed by atoms with E-state index in [1.807, 2.05) is 46.8 Å². The monoisotopic (exact) mass is 684 g/mol. The molecule has 2 aromatic rings. The Morgan fingerprint density at radius 3 is 1.60 bits per heavy atom. The predicted molar refractivity (Wildman–Crippen MR) is 182 cm³/mol. The van der Waals surface area contributed by atoms with Crippen LogP contribution in [0.5, 0.6) is 0 Å². The second kappa shape index (κ2) is 12.7. The van der Waals surface area contributed by atoms with Gasteiger partial charge in [0.15, 0.2) is 8.32 Å². The second-order valence-electron chi connectivity index (χ2n) is 15.4. The third-order valence-corrected chi connectivity index (χ3v) is 15.4. The van der Waals surface area contributed by atoms with Gasteiger partial charge in [-0.15, -0.1) is 0 Å². The van der Waals surface area contributed by atoms with Crippen molar-refractivity contribution in [2.24, 2.45) is 0 Å². The van der Waals surface area contributed by atoms with Gasteiger partial charge in [0.05, 0.1) is 11.2 Å². The van der Waals surface area contributed by atoms with Crippen LogP contribution >= 0.6 is 0 Å². The lowest BCUT2D eigenvalue weighted by molar-refractivity contribution is -0.341. The molecule has 0 bridgehead atoms. The lowest BCUT2D eigenvalue weighted by atomic mass is 9.68. The molecule has 0 atom stereocenters. The number of alkyl halides is 6. The Kier molecular flexibility index (Phi) is 10.6. The van der Waals surface area contributed by atoms with Crippen LogP contribution in [0.4, 0.5) is 26.3 Å². The minimum absolute atomic E-state index is 0.153. The highest BCUT2D eigenvalue weighted by Gasteiger charge is 2.72. The Labute approximate surface area is 278 Å². The molecule has 0 N–H and O–H groups in total. The van der Waals surface area contributed by atoms with E-state index in [1.54, 1.807) is 39.8 Å². The molecule has 1 heterocycles. The molecule has 3 rings (SSSR count). The summed E-state index contributed by atoms with van der Waals surface area (Å²) in [5.74, 6) is 0. The summed E-state index contributed by atoms with van der Waals surface area (Å²) in [6.45, 7) is 23.4. The lowest BCUT2D eigenvalue weighted by Gasteiger charge is -2.45. The zero-order chi connectivity index (χ0) is 36.2. The fourth-order valence-corrected chi connectivity index (χ4v) is 7.27. The highest BCUT2D eigenvalue weighted by Crippen LogP contribution is 2.52. The normalized spacial score (nSPS) is 18.0. The number of halogens is 6. The number of hydrogen-bond donors (Lipinski definition) is 0. The van der Waals surface area contributed by atoms with Crippen LogP contribution < -0.4 is 5.46 Å². The lowest BCUT2D eigenvalue weighted by Crippen LogP contribution is -2.63. The molecule has 1 aliphatic rings. The van der Waals surface area contributed by atoms with Crippen molar-refractivity contribution in [2.75, 3.05) is 0 Å². The van der Waals surface area contributed by atoms with Crippen molar-refractivity contribution in [1.29, 1.82) is 0 Å². The highest BCUT2D eigenvalue weighted by molar-refractivity contribution is 6.74. The first kappa shape index (κ1) is 39.4. The van der Waals surface area contributed by atoms with Crippen LogP contribution in [0.2, 0.25) is 18.1 Å². The van der Waals surface area contributed by atoms with Gasteiger partial charge in [0.1, 0.15) is 0 Å². The van der Waals surface area contributed by atoms with E-state index < -0.39 is 55.0 Å². The minimum atomic E-state index is -5.73. The molecule has 11 heteroatoms. The zero-order valence-corrected chi connectivity index (χ0v) is 31.1. The first-order valence-electron chi connectivity index (χ1n) is 16.2.